The number of rotatable bonds is 6. The van der Waals surface area contributed by atoms with Crippen molar-refractivity contribution >= 4 is 15.9 Å². The third kappa shape index (κ3) is 3.23. The van der Waals surface area contributed by atoms with E-state index >= 15 is 0 Å². The summed E-state index contributed by atoms with van der Waals surface area (Å²) >= 11 is 3.49. The summed E-state index contributed by atoms with van der Waals surface area (Å²) in [4.78, 5) is 2.15. The van der Waals surface area contributed by atoms with Crippen LogP contribution >= 0.6 is 15.9 Å². The van der Waals surface area contributed by atoms with Crippen molar-refractivity contribution in [1.82, 2.24) is 4.90 Å². The van der Waals surface area contributed by atoms with Crippen LogP contribution in [0.15, 0.2) is 45.5 Å². The molecule has 0 spiro atoms. The Morgan fingerprint density at radius 2 is 2.10 bits per heavy atom. The molecule has 0 bridgehead atoms. The second-order valence-electron chi connectivity index (χ2n) is 4.61. The van der Waals surface area contributed by atoms with E-state index in [1.807, 2.05) is 31.3 Å². The smallest absolute Gasteiger partial charge is 0.136 e. The Hall–Kier alpha value is -1.30. The molecule has 0 radical (unpaired) electrons. The Morgan fingerprint density at radius 1 is 1.35 bits per heavy atom. The maximum Gasteiger partial charge on any atom is 0.136 e. The fraction of sp³-hybridized carbons (Fsp3) is 0.333. The summed E-state index contributed by atoms with van der Waals surface area (Å²) in [6, 6.07) is 9.89. The van der Waals surface area contributed by atoms with E-state index in [0.717, 1.165) is 28.1 Å². The van der Waals surface area contributed by atoms with Gasteiger partial charge in [0.2, 0.25) is 0 Å². The number of methoxy groups -OCH3 is 1. The third-order valence-corrected chi connectivity index (χ3v) is 3.97. The summed E-state index contributed by atoms with van der Waals surface area (Å²) in [5.74, 6) is 1.73. The normalized spacial score (nSPS) is 12.7. The molecule has 1 aromatic carbocycles. The van der Waals surface area contributed by atoms with Crippen LogP contribution < -0.4 is 10.5 Å². The SMILES string of the molecule is COc1ccccc1CN(C)C(CN)c1occc1Br. The number of nitrogens with zero attached hydrogens (tertiary/aromatic N) is 1. The summed E-state index contributed by atoms with van der Waals surface area (Å²) < 4.78 is 11.9. The van der Waals surface area contributed by atoms with Gasteiger partial charge in [-0.2, -0.15) is 0 Å². The van der Waals surface area contributed by atoms with Crippen molar-refractivity contribution in [3.8, 4) is 5.75 Å². The summed E-state index contributed by atoms with van der Waals surface area (Å²) in [6.45, 7) is 1.22. The van der Waals surface area contributed by atoms with Gasteiger partial charge in [0.15, 0.2) is 0 Å². The highest BCUT2D eigenvalue weighted by atomic mass is 79.9. The van der Waals surface area contributed by atoms with Gasteiger partial charge >= 0.3 is 0 Å². The van der Waals surface area contributed by atoms with E-state index in [2.05, 4.69) is 26.9 Å². The second-order valence-corrected chi connectivity index (χ2v) is 5.47. The molecule has 2 rings (SSSR count). The van der Waals surface area contributed by atoms with Crippen LogP contribution in [0.5, 0.6) is 5.75 Å². The van der Waals surface area contributed by atoms with Gasteiger partial charge in [0.1, 0.15) is 11.5 Å². The average molecular weight is 339 g/mol. The lowest BCUT2D eigenvalue weighted by atomic mass is 10.1. The minimum Gasteiger partial charge on any atom is -0.496 e. The molecule has 0 aliphatic carbocycles. The zero-order chi connectivity index (χ0) is 14.5. The van der Waals surface area contributed by atoms with Crippen molar-refractivity contribution in [3.63, 3.8) is 0 Å². The third-order valence-electron chi connectivity index (χ3n) is 3.32. The van der Waals surface area contributed by atoms with Crippen LogP contribution in [0.3, 0.4) is 0 Å². The Kier molecular flexibility index (Phi) is 5.23. The van der Waals surface area contributed by atoms with E-state index in [1.165, 1.54) is 0 Å². The minimum absolute atomic E-state index is 0.0179. The van der Waals surface area contributed by atoms with Crippen LogP contribution in [0.1, 0.15) is 17.4 Å². The van der Waals surface area contributed by atoms with Gasteiger partial charge in [0.25, 0.3) is 0 Å². The molecule has 1 heterocycles. The monoisotopic (exact) mass is 338 g/mol. The quantitative estimate of drug-likeness (QED) is 0.878. The van der Waals surface area contributed by atoms with E-state index < -0.39 is 0 Å². The van der Waals surface area contributed by atoms with Crippen molar-refractivity contribution in [2.75, 3.05) is 20.7 Å². The highest BCUT2D eigenvalue weighted by molar-refractivity contribution is 9.10. The lowest BCUT2D eigenvalue weighted by Crippen LogP contribution is -2.30. The second kappa shape index (κ2) is 6.92. The summed E-state index contributed by atoms with van der Waals surface area (Å²) in [7, 11) is 3.71. The number of nitrogens with two attached hydrogens (primary N) is 1. The molecular weight excluding hydrogens is 320 g/mol. The van der Waals surface area contributed by atoms with Crippen molar-refractivity contribution in [1.29, 1.82) is 0 Å². The molecule has 0 fully saturated rings. The number of hydrogen-bond acceptors (Lipinski definition) is 4. The molecule has 5 heteroatoms. The molecule has 1 atom stereocenters. The van der Waals surface area contributed by atoms with Crippen LogP contribution in [-0.4, -0.2) is 25.6 Å². The number of halogens is 1. The number of ether oxygens (including phenoxy) is 1. The first-order valence-electron chi connectivity index (χ1n) is 6.42. The molecular formula is C15H19BrN2O2. The molecule has 0 aliphatic rings. The molecule has 108 valence electrons. The number of para-hydroxylation sites is 1. The molecule has 0 saturated carbocycles. The van der Waals surface area contributed by atoms with Gasteiger partial charge in [-0.25, -0.2) is 0 Å². The maximum absolute atomic E-state index is 5.90. The first kappa shape index (κ1) is 15.1. The van der Waals surface area contributed by atoms with Crippen molar-refractivity contribution < 1.29 is 9.15 Å². The van der Waals surface area contributed by atoms with Crippen molar-refractivity contribution in [3.05, 3.63) is 52.4 Å². The zero-order valence-corrected chi connectivity index (χ0v) is 13.3. The predicted octanol–water partition coefficient (Wildman–Crippen LogP) is 3.18. The number of benzene rings is 1. The Balaban J connectivity index is 2.18. The number of furan rings is 1. The van der Waals surface area contributed by atoms with Gasteiger partial charge in [0.05, 0.1) is 23.9 Å². The molecule has 2 N–H and O–H groups in total. The summed E-state index contributed by atoms with van der Waals surface area (Å²) in [5, 5.41) is 0. The van der Waals surface area contributed by atoms with Gasteiger partial charge in [-0.1, -0.05) is 18.2 Å². The van der Waals surface area contributed by atoms with Gasteiger partial charge in [-0.05, 0) is 35.1 Å². The standard InChI is InChI=1S/C15H19BrN2O2/c1-18(10-11-5-3-4-6-14(11)19-2)13(9-17)15-12(16)7-8-20-15/h3-8,13H,9-10,17H2,1-2H3. The van der Waals surface area contributed by atoms with E-state index in [1.54, 1.807) is 13.4 Å². The topological polar surface area (TPSA) is 51.6 Å². The molecule has 1 unspecified atom stereocenters. The predicted molar refractivity (Wildman–Crippen MR) is 82.7 cm³/mol. The van der Waals surface area contributed by atoms with Crippen LogP contribution in [0.2, 0.25) is 0 Å². The molecule has 2 aromatic rings. The van der Waals surface area contributed by atoms with Gasteiger partial charge in [0, 0.05) is 18.7 Å². The molecule has 0 saturated heterocycles. The van der Waals surface area contributed by atoms with Crippen LogP contribution in [-0.2, 0) is 6.54 Å². The lowest BCUT2D eigenvalue weighted by molar-refractivity contribution is 0.209. The van der Waals surface area contributed by atoms with Crippen LogP contribution in [0.25, 0.3) is 0 Å². The van der Waals surface area contributed by atoms with E-state index in [0.29, 0.717) is 6.54 Å². The van der Waals surface area contributed by atoms with E-state index in [-0.39, 0.29) is 6.04 Å². The van der Waals surface area contributed by atoms with Gasteiger partial charge in [-0.3, -0.25) is 4.90 Å². The number of likely N-dealkylation sites (N-methyl/N-ethyl adjacent to an activating group) is 1. The minimum atomic E-state index is 0.0179. The maximum atomic E-state index is 5.90. The van der Waals surface area contributed by atoms with Gasteiger partial charge in [-0.15, -0.1) is 0 Å². The van der Waals surface area contributed by atoms with Crippen LogP contribution in [0, 0.1) is 0 Å². The summed E-state index contributed by atoms with van der Waals surface area (Å²) in [5.41, 5.74) is 7.03. The van der Waals surface area contributed by atoms with E-state index in [4.69, 9.17) is 14.9 Å². The lowest BCUT2D eigenvalue weighted by Gasteiger charge is -2.26. The molecule has 0 aliphatic heterocycles. The largest absolute Gasteiger partial charge is 0.496 e. The molecule has 20 heavy (non-hydrogen) atoms. The Labute approximate surface area is 127 Å². The molecule has 1 aromatic heterocycles. The van der Waals surface area contributed by atoms with Gasteiger partial charge < -0.3 is 14.9 Å². The van der Waals surface area contributed by atoms with Crippen molar-refractivity contribution in [2.45, 2.75) is 12.6 Å². The number of hydrogen-bond donors (Lipinski definition) is 1. The zero-order valence-electron chi connectivity index (χ0n) is 11.7. The highest BCUT2D eigenvalue weighted by Gasteiger charge is 2.22. The molecule has 4 nitrogen and oxygen atoms in total. The van der Waals surface area contributed by atoms with Crippen LogP contribution in [0.4, 0.5) is 0 Å². The fourth-order valence-corrected chi connectivity index (χ4v) is 2.71. The average Bonchev–Trinajstić information content (AvgIpc) is 2.87. The first-order valence-corrected chi connectivity index (χ1v) is 7.21. The summed E-state index contributed by atoms with van der Waals surface area (Å²) in [6.07, 6.45) is 1.67. The first-order chi connectivity index (χ1) is 9.67. The van der Waals surface area contributed by atoms with Crippen molar-refractivity contribution in [2.24, 2.45) is 5.73 Å². The highest BCUT2D eigenvalue weighted by Crippen LogP contribution is 2.29. The molecule has 0 amide bonds. The van der Waals surface area contributed by atoms with E-state index in [9.17, 15) is 0 Å². The Bertz CT molecular complexity index is 556. The fourth-order valence-electron chi connectivity index (χ4n) is 2.24. The Morgan fingerprint density at radius 3 is 2.70 bits per heavy atom.